The number of unbranched alkanes of at least 4 members (excludes halogenated alkanes) is 1. The first-order chi connectivity index (χ1) is 9.61. The third-order valence-corrected chi connectivity index (χ3v) is 4.05. The van der Waals surface area contributed by atoms with E-state index in [0.29, 0.717) is 24.1 Å². The fourth-order valence-electron chi connectivity index (χ4n) is 2.08. The quantitative estimate of drug-likeness (QED) is 0.613. The molecule has 0 radical (unpaired) electrons. The molecule has 1 N–H and O–H groups in total. The van der Waals surface area contributed by atoms with Crippen LogP contribution in [0.2, 0.25) is 0 Å². The highest BCUT2D eigenvalue weighted by molar-refractivity contribution is 7.99. The standard InChI is InChI=1S/C14H15NO4S/c16-12(17)9-20-8-4-3-7-15-13(18)10-5-1-2-6-11(10)14(15)19/h1-2,5-6H,3-4,7-9H2,(H,16,17). The minimum absolute atomic E-state index is 0.0903. The number of rotatable bonds is 7. The van der Waals surface area contributed by atoms with Crippen molar-refractivity contribution in [1.29, 1.82) is 0 Å². The third kappa shape index (κ3) is 3.19. The molecule has 0 saturated heterocycles. The Morgan fingerprint density at radius 1 is 1.10 bits per heavy atom. The molecule has 0 bridgehead atoms. The maximum atomic E-state index is 12.0. The summed E-state index contributed by atoms with van der Waals surface area (Å²) in [5.41, 5.74) is 0.940. The molecule has 0 spiro atoms. The van der Waals surface area contributed by atoms with Gasteiger partial charge in [0.15, 0.2) is 0 Å². The van der Waals surface area contributed by atoms with Crippen molar-refractivity contribution in [2.24, 2.45) is 0 Å². The summed E-state index contributed by atoms with van der Waals surface area (Å²) >= 11 is 1.34. The van der Waals surface area contributed by atoms with Gasteiger partial charge in [0.25, 0.3) is 11.8 Å². The van der Waals surface area contributed by atoms with Gasteiger partial charge in [0.05, 0.1) is 16.9 Å². The van der Waals surface area contributed by atoms with Crippen LogP contribution in [0.4, 0.5) is 0 Å². The summed E-state index contributed by atoms with van der Waals surface area (Å²) in [5.74, 6) is -0.481. The molecule has 1 aliphatic rings. The zero-order chi connectivity index (χ0) is 14.5. The topological polar surface area (TPSA) is 74.7 Å². The van der Waals surface area contributed by atoms with Crippen molar-refractivity contribution < 1.29 is 19.5 Å². The van der Waals surface area contributed by atoms with Gasteiger partial charge in [0.1, 0.15) is 0 Å². The number of carboxylic acids is 1. The van der Waals surface area contributed by atoms with Gasteiger partial charge in [-0.15, -0.1) is 0 Å². The normalized spacial score (nSPS) is 13.7. The molecule has 6 heteroatoms. The van der Waals surface area contributed by atoms with E-state index in [-0.39, 0.29) is 17.6 Å². The zero-order valence-corrected chi connectivity index (χ0v) is 11.7. The lowest BCUT2D eigenvalue weighted by Crippen LogP contribution is -2.30. The lowest BCUT2D eigenvalue weighted by molar-refractivity contribution is -0.133. The molecule has 1 heterocycles. The molecular weight excluding hydrogens is 278 g/mol. The highest BCUT2D eigenvalue weighted by atomic mass is 32.2. The van der Waals surface area contributed by atoms with Gasteiger partial charge >= 0.3 is 5.97 Å². The van der Waals surface area contributed by atoms with E-state index in [1.54, 1.807) is 24.3 Å². The van der Waals surface area contributed by atoms with Crippen LogP contribution >= 0.6 is 11.8 Å². The number of benzene rings is 1. The monoisotopic (exact) mass is 293 g/mol. The first-order valence-electron chi connectivity index (χ1n) is 6.36. The average molecular weight is 293 g/mol. The van der Waals surface area contributed by atoms with Crippen LogP contribution in [0, 0.1) is 0 Å². The number of nitrogens with zero attached hydrogens (tertiary/aromatic N) is 1. The summed E-state index contributed by atoms with van der Waals surface area (Å²) in [7, 11) is 0. The Bertz CT molecular complexity index is 509. The summed E-state index contributed by atoms with van der Waals surface area (Å²) in [6, 6.07) is 6.82. The molecule has 2 rings (SSSR count). The highest BCUT2D eigenvalue weighted by Crippen LogP contribution is 2.22. The van der Waals surface area contributed by atoms with Crippen LogP contribution in [0.25, 0.3) is 0 Å². The number of hydrogen-bond acceptors (Lipinski definition) is 4. The van der Waals surface area contributed by atoms with Gasteiger partial charge in [-0.2, -0.15) is 11.8 Å². The molecule has 1 aromatic rings. The average Bonchev–Trinajstić information content (AvgIpc) is 2.67. The van der Waals surface area contributed by atoms with Gasteiger partial charge in [-0.3, -0.25) is 19.3 Å². The number of carboxylic acid groups (broad SMARTS) is 1. The van der Waals surface area contributed by atoms with Crippen molar-refractivity contribution >= 4 is 29.5 Å². The van der Waals surface area contributed by atoms with Gasteiger partial charge < -0.3 is 5.11 Å². The molecule has 0 aromatic heterocycles. The van der Waals surface area contributed by atoms with Crippen LogP contribution in [0.1, 0.15) is 33.6 Å². The molecule has 2 amide bonds. The van der Waals surface area contributed by atoms with E-state index >= 15 is 0 Å². The number of hydrogen-bond donors (Lipinski definition) is 1. The Morgan fingerprint density at radius 3 is 2.25 bits per heavy atom. The number of aliphatic carboxylic acids is 1. The van der Waals surface area contributed by atoms with Gasteiger partial charge in [0, 0.05) is 6.54 Å². The molecule has 1 aliphatic heterocycles. The fourth-order valence-corrected chi connectivity index (χ4v) is 2.80. The summed E-state index contributed by atoms with van der Waals surface area (Å²) < 4.78 is 0. The molecule has 106 valence electrons. The van der Waals surface area contributed by atoms with Gasteiger partial charge in [-0.1, -0.05) is 12.1 Å². The van der Waals surface area contributed by atoms with E-state index in [4.69, 9.17) is 5.11 Å². The molecule has 0 aliphatic carbocycles. The van der Waals surface area contributed by atoms with E-state index in [9.17, 15) is 14.4 Å². The maximum Gasteiger partial charge on any atom is 0.313 e. The molecule has 20 heavy (non-hydrogen) atoms. The van der Waals surface area contributed by atoms with Gasteiger partial charge in [-0.25, -0.2) is 0 Å². The van der Waals surface area contributed by atoms with Crippen LogP contribution in [-0.2, 0) is 4.79 Å². The minimum atomic E-state index is -0.824. The van der Waals surface area contributed by atoms with Gasteiger partial charge in [0.2, 0.25) is 0 Å². The second-order valence-electron chi connectivity index (χ2n) is 4.46. The predicted octanol–water partition coefficient (Wildman–Crippen LogP) is 1.88. The number of thioether (sulfide) groups is 1. The minimum Gasteiger partial charge on any atom is -0.481 e. The van der Waals surface area contributed by atoms with E-state index in [0.717, 1.165) is 12.2 Å². The fraction of sp³-hybridized carbons (Fsp3) is 0.357. The second-order valence-corrected chi connectivity index (χ2v) is 5.57. The summed E-state index contributed by atoms with van der Waals surface area (Å²) in [4.78, 5) is 35.7. The number of amides is 2. The van der Waals surface area contributed by atoms with Crippen molar-refractivity contribution in [2.75, 3.05) is 18.1 Å². The lowest BCUT2D eigenvalue weighted by Gasteiger charge is -2.13. The maximum absolute atomic E-state index is 12.0. The van der Waals surface area contributed by atoms with E-state index in [2.05, 4.69) is 0 Å². The predicted molar refractivity (Wildman–Crippen MR) is 76.0 cm³/mol. The molecule has 5 nitrogen and oxygen atoms in total. The Hall–Kier alpha value is -1.82. The number of carbonyl (C=O) groups excluding carboxylic acids is 2. The van der Waals surface area contributed by atoms with E-state index < -0.39 is 5.97 Å². The van der Waals surface area contributed by atoms with Crippen LogP contribution in [0.15, 0.2) is 24.3 Å². The lowest BCUT2D eigenvalue weighted by atomic mass is 10.1. The van der Waals surface area contributed by atoms with Crippen LogP contribution in [0.3, 0.4) is 0 Å². The smallest absolute Gasteiger partial charge is 0.313 e. The molecule has 0 saturated carbocycles. The van der Waals surface area contributed by atoms with Crippen LogP contribution < -0.4 is 0 Å². The summed E-state index contributed by atoms with van der Waals surface area (Å²) in [6.07, 6.45) is 1.48. The van der Waals surface area contributed by atoms with Crippen molar-refractivity contribution in [2.45, 2.75) is 12.8 Å². The van der Waals surface area contributed by atoms with Crippen LogP contribution in [0.5, 0.6) is 0 Å². The van der Waals surface area contributed by atoms with Crippen molar-refractivity contribution in [3.63, 3.8) is 0 Å². The number of carbonyl (C=O) groups is 3. The third-order valence-electron chi connectivity index (χ3n) is 3.02. The Morgan fingerprint density at radius 2 is 1.70 bits per heavy atom. The van der Waals surface area contributed by atoms with Crippen molar-refractivity contribution in [3.05, 3.63) is 35.4 Å². The van der Waals surface area contributed by atoms with Crippen molar-refractivity contribution in [1.82, 2.24) is 4.90 Å². The largest absolute Gasteiger partial charge is 0.481 e. The zero-order valence-electron chi connectivity index (χ0n) is 10.9. The van der Waals surface area contributed by atoms with Crippen molar-refractivity contribution in [3.8, 4) is 0 Å². The van der Waals surface area contributed by atoms with Gasteiger partial charge in [-0.05, 0) is 30.7 Å². The molecule has 0 atom stereocenters. The first kappa shape index (κ1) is 14.6. The second kappa shape index (κ2) is 6.56. The molecule has 0 fully saturated rings. The first-order valence-corrected chi connectivity index (χ1v) is 7.51. The molecule has 0 unspecified atom stereocenters. The number of imide groups is 1. The molecule has 1 aromatic carbocycles. The Kier molecular flexibility index (Phi) is 4.79. The summed E-state index contributed by atoms with van der Waals surface area (Å²) in [6.45, 7) is 0.389. The SMILES string of the molecule is O=C(O)CSCCCCN1C(=O)c2ccccc2C1=O. The number of fused-ring (bicyclic) bond motifs is 1. The Balaban J connectivity index is 1.79. The molecular formula is C14H15NO4S. The van der Waals surface area contributed by atoms with E-state index in [1.807, 2.05) is 0 Å². The Labute approximate surface area is 121 Å². The van der Waals surface area contributed by atoms with E-state index in [1.165, 1.54) is 16.7 Å². The van der Waals surface area contributed by atoms with Crippen LogP contribution in [-0.4, -0.2) is 45.8 Å². The highest BCUT2D eigenvalue weighted by Gasteiger charge is 2.34. The summed E-state index contributed by atoms with van der Waals surface area (Å²) in [5, 5.41) is 8.49.